The fraction of sp³-hybridized carbons (Fsp3) is 0.371. The molecule has 0 bridgehead atoms. The summed E-state index contributed by atoms with van der Waals surface area (Å²) in [5.74, 6) is -0.694. The van der Waals surface area contributed by atoms with Crippen LogP contribution in [0.25, 0.3) is 0 Å². The normalized spacial score (nSPS) is 16.8. The molecular formula is C35H42N4O5. The van der Waals surface area contributed by atoms with Gasteiger partial charge in [0.25, 0.3) is 0 Å². The largest absolute Gasteiger partial charge is 0.444 e. The van der Waals surface area contributed by atoms with Crippen molar-refractivity contribution in [1.82, 2.24) is 20.9 Å². The van der Waals surface area contributed by atoms with Gasteiger partial charge in [0.2, 0.25) is 17.7 Å². The molecule has 1 heterocycles. The fourth-order valence-corrected chi connectivity index (χ4v) is 5.32. The Morgan fingerprint density at radius 3 is 1.86 bits per heavy atom. The number of nitrogens with zero attached hydrogens (tertiary/aromatic N) is 1. The van der Waals surface area contributed by atoms with Gasteiger partial charge in [0.05, 0.1) is 6.42 Å². The highest BCUT2D eigenvalue weighted by atomic mass is 16.6. The van der Waals surface area contributed by atoms with E-state index in [1.165, 1.54) is 0 Å². The summed E-state index contributed by atoms with van der Waals surface area (Å²) in [6, 6.07) is 27.9. The van der Waals surface area contributed by atoms with Gasteiger partial charge in [0, 0.05) is 26.1 Å². The van der Waals surface area contributed by atoms with E-state index in [0.29, 0.717) is 25.9 Å². The Bertz CT molecular complexity index is 1410. The van der Waals surface area contributed by atoms with E-state index in [1.54, 1.807) is 25.7 Å². The first kappa shape index (κ1) is 32.3. The fourth-order valence-electron chi connectivity index (χ4n) is 5.32. The molecule has 1 aliphatic rings. The molecule has 3 aromatic carbocycles. The van der Waals surface area contributed by atoms with Crippen LogP contribution >= 0.6 is 0 Å². The van der Waals surface area contributed by atoms with E-state index in [-0.39, 0.29) is 37.1 Å². The summed E-state index contributed by atoms with van der Waals surface area (Å²) in [7, 11) is 0. The van der Waals surface area contributed by atoms with Crippen molar-refractivity contribution in [3.05, 3.63) is 108 Å². The SMILES string of the molecule is CC(C)(C)OC(=O)NC(CCCN1C(=O)CC1(Cc1ccccc1)C(=O)NCc1ccccc1)C(=O)NCc1ccccc1. The van der Waals surface area contributed by atoms with E-state index in [2.05, 4.69) is 16.0 Å². The molecule has 9 heteroatoms. The standard InChI is InChI=1S/C35H42N4O5/c1-34(2,3)44-33(43)38-29(31(41)36-24-27-16-9-5-10-17-27)20-13-21-39-30(40)23-35(39,22-26-14-7-4-8-15-26)32(42)37-25-28-18-11-6-12-19-28/h4-12,14-19,29H,13,20-25H2,1-3H3,(H,36,41)(H,37,42)(H,38,43). The summed E-state index contributed by atoms with van der Waals surface area (Å²) in [6.45, 7) is 6.16. The van der Waals surface area contributed by atoms with Gasteiger partial charge >= 0.3 is 6.09 Å². The molecule has 1 fully saturated rings. The number of likely N-dealkylation sites (tertiary alicyclic amines) is 1. The Balaban J connectivity index is 1.45. The number of ether oxygens (including phenoxy) is 1. The summed E-state index contributed by atoms with van der Waals surface area (Å²) >= 11 is 0. The Kier molecular flexibility index (Phi) is 10.8. The second kappa shape index (κ2) is 14.7. The molecule has 2 atom stereocenters. The Hall–Kier alpha value is -4.66. The van der Waals surface area contributed by atoms with E-state index in [1.807, 2.05) is 91.0 Å². The first-order chi connectivity index (χ1) is 21.1. The van der Waals surface area contributed by atoms with Crippen molar-refractivity contribution in [3.8, 4) is 0 Å². The summed E-state index contributed by atoms with van der Waals surface area (Å²) in [4.78, 5) is 54.2. The van der Waals surface area contributed by atoms with Crippen LogP contribution in [-0.4, -0.2) is 52.4 Å². The van der Waals surface area contributed by atoms with Crippen LogP contribution in [0.4, 0.5) is 4.79 Å². The maximum atomic E-state index is 13.7. The minimum absolute atomic E-state index is 0.0969. The molecule has 1 saturated heterocycles. The van der Waals surface area contributed by atoms with Gasteiger partial charge in [-0.25, -0.2) is 4.79 Å². The number of benzene rings is 3. The van der Waals surface area contributed by atoms with Crippen LogP contribution in [0, 0.1) is 0 Å². The molecule has 4 rings (SSSR count). The molecule has 3 N–H and O–H groups in total. The second-order valence-corrected chi connectivity index (χ2v) is 12.1. The molecule has 0 saturated carbocycles. The van der Waals surface area contributed by atoms with Gasteiger partial charge in [0.1, 0.15) is 17.2 Å². The van der Waals surface area contributed by atoms with Crippen LogP contribution in [0.1, 0.15) is 56.7 Å². The van der Waals surface area contributed by atoms with Crippen molar-refractivity contribution in [2.24, 2.45) is 0 Å². The molecule has 3 aromatic rings. The first-order valence-corrected chi connectivity index (χ1v) is 15.0. The molecule has 0 spiro atoms. The number of carbonyl (C=O) groups excluding carboxylic acids is 4. The molecule has 9 nitrogen and oxygen atoms in total. The Morgan fingerprint density at radius 2 is 1.34 bits per heavy atom. The average Bonchev–Trinajstić information content (AvgIpc) is 3.00. The molecular weight excluding hydrogens is 556 g/mol. The molecule has 0 aliphatic carbocycles. The lowest BCUT2D eigenvalue weighted by Gasteiger charge is -2.51. The first-order valence-electron chi connectivity index (χ1n) is 15.0. The number of nitrogens with one attached hydrogen (secondary N) is 3. The minimum atomic E-state index is -1.04. The summed E-state index contributed by atoms with van der Waals surface area (Å²) < 4.78 is 5.40. The Morgan fingerprint density at radius 1 is 0.818 bits per heavy atom. The number of amides is 4. The maximum absolute atomic E-state index is 13.7. The lowest BCUT2D eigenvalue weighted by Crippen LogP contribution is -2.71. The van der Waals surface area contributed by atoms with Gasteiger partial charge in [-0.2, -0.15) is 0 Å². The third-order valence-corrected chi connectivity index (χ3v) is 7.51. The Labute approximate surface area is 259 Å². The minimum Gasteiger partial charge on any atom is -0.444 e. The molecule has 1 aliphatic heterocycles. The number of alkyl carbamates (subject to hydrolysis) is 1. The quantitative estimate of drug-likeness (QED) is 0.251. The summed E-state index contributed by atoms with van der Waals surface area (Å²) in [6.07, 6.45) is 0.400. The van der Waals surface area contributed by atoms with E-state index in [9.17, 15) is 19.2 Å². The molecule has 2 unspecified atom stereocenters. The van der Waals surface area contributed by atoms with Crippen LogP contribution in [0.15, 0.2) is 91.0 Å². The predicted octanol–water partition coefficient (Wildman–Crippen LogP) is 4.51. The van der Waals surface area contributed by atoms with Crippen molar-refractivity contribution in [2.45, 2.75) is 76.7 Å². The number of β-lactam (4-membered cyclic amide) rings is 1. The number of carbonyl (C=O) groups is 4. The zero-order valence-corrected chi connectivity index (χ0v) is 25.7. The van der Waals surface area contributed by atoms with Gasteiger partial charge in [-0.15, -0.1) is 0 Å². The summed E-state index contributed by atoms with van der Waals surface area (Å²) in [5, 5.41) is 8.62. The highest BCUT2D eigenvalue weighted by molar-refractivity contribution is 6.01. The molecule has 0 aromatic heterocycles. The van der Waals surface area contributed by atoms with Crippen LogP contribution in [0.5, 0.6) is 0 Å². The van der Waals surface area contributed by atoms with E-state index in [0.717, 1.165) is 16.7 Å². The van der Waals surface area contributed by atoms with Gasteiger partial charge in [-0.1, -0.05) is 91.0 Å². The van der Waals surface area contributed by atoms with Gasteiger partial charge < -0.3 is 25.6 Å². The van der Waals surface area contributed by atoms with Gasteiger partial charge in [0.15, 0.2) is 0 Å². The van der Waals surface area contributed by atoms with Crippen LogP contribution in [0.3, 0.4) is 0 Å². The average molecular weight is 599 g/mol. The van der Waals surface area contributed by atoms with Gasteiger partial charge in [-0.05, 0) is 50.3 Å². The van der Waals surface area contributed by atoms with Crippen molar-refractivity contribution in [1.29, 1.82) is 0 Å². The lowest BCUT2D eigenvalue weighted by atomic mass is 9.77. The third kappa shape index (κ3) is 8.92. The van der Waals surface area contributed by atoms with Gasteiger partial charge in [-0.3, -0.25) is 14.4 Å². The molecule has 0 radical (unpaired) electrons. The highest BCUT2D eigenvalue weighted by Gasteiger charge is 2.55. The van der Waals surface area contributed by atoms with Crippen molar-refractivity contribution < 1.29 is 23.9 Å². The zero-order valence-electron chi connectivity index (χ0n) is 25.7. The number of hydrogen-bond donors (Lipinski definition) is 3. The van der Waals surface area contributed by atoms with Crippen molar-refractivity contribution >= 4 is 23.8 Å². The lowest BCUT2D eigenvalue weighted by molar-refractivity contribution is -0.166. The molecule has 44 heavy (non-hydrogen) atoms. The number of hydrogen-bond acceptors (Lipinski definition) is 5. The zero-order chi connectivity index (χ0) is 31.6. The smallest absolute Gasteiger partial charge is 0.408 e. The van der Waals surface area contributed by atoms with E-state index in [4.69, 9.17) is 4.74 Å². The van der Waals surface area contributed by atoms with Crippen LogP contribution in [0.2, 0.25) is 0 Å². The highest BCUT2D eigenvalue weighted by Crippen LogP contribution is 2.36. The topological polar surface area (TPSA) is 117 Å². The van der Waals surface area contributed by atoms with E-state index >= 15 is 0 Å². The number of rotatable bonds is 13. The van der Waals surface area contributed by atoms with E-state index < -0.39 is 23.3 Å². The predicted molar refractivity (Wildman–Crippen MR) is 168 cm³/mol. The molecule has 232 valence electrons. The van der Waals surface area contributed by atoms with Crippen LogP contribution in [-0.2, 0) is 38.6 Å². The monoisotopic (exact) mass is 598 g/mol. The molecule has 4 amide bonds. The van der Waals surface area contributed by atoms with Crippen LogP contribution < -0.4 is 16.0 Å². The summed E-state index contributed by atoms with van der Waals surface area (Å²) in [5.41, 5.74) is 1.06. The van der Waals surface area contributed by atoms with Crippen molar-refractivity contribution in [2.75, 3.05) is 6.54 Å². The maximum Gasteiger partial charge on any atom is 0.408 e. The second-order valence-electron chi connectivity index (χ2n) is 12.1. The van der Waals surface area contributed by atoms with Crippen molar-refractivity contribution in [3.63, 3.8) is 0 Å². The third-order valence-electron chi connectivity index (χ3n) is 7.51.